The first kappa shape index (κ1) is 18.1. The third kappa shape index (κ3) is 3.57. The van der Waals surface area contributed by atoms with Crippen molar-refractivity contribution < 1.29 is 14.3 Å². The van der Waals surface area contributed by atoms with Crippen molar-refractivity contribution in [1.82, 2.24) is 9.88 Å². The minimum absolute atomic E-state index is 0.102. The first-order valence-corrected chi connectivity index (χ1v) is 10.1. The molecule has 6 heteroatoms. The van der Waals surface area contributed by atoms with Crippen LogP contribution in [0.15, 0.2) is 71.2 Å². The van der Waals surface area contributed by atoms with E-state index in [0.29, 0.717) is 36.9 Å². The standard InChI is InChI=1S/C23H17BrN2O3/c24-17-5-3-15(4-6-17)10-21-22(27)18-7-8-20-19(23(18)29-21)13-26(14-28-20)12-16-2-1-9-25-11-16/h1-11H,12-14H2/b21-10-. The molecule has 0 N–H and O–H groups in total. The van der Waals surface area contributed by atoms with E-state index in [1.165, 1.54) is 0 Å². The van der Waals surface area contributed by atoms with Gasteiger partial charge in [0.2, 0.25) is 5.78 Å². The predicted octanol–water partition coefficient (Wildman–Crippen LogP) is 4.81. The maximum Gasteiger partial charge on any atom is 0.231 e. The van der Waals surface area contributed by atoms with E-state index in [0.717, 1.165) is 26.9 Å². The van der Waals surface area contributed by atoms with Crippen molar-refractivity contribution >= 4 is 27.8 Å². The van der Waals surface area contributed by atoms with Gasteiger partial charge < -0.3 is 9.47 Å². The molecule has 3 aromatic rings. The second-order valence-electron chi connectivity index (χ2n) is 7.03. The number of ether oxygens (including phenoxy) is 2. The van der Waals surface area contributed by atoms with Crippen LogP contribution in [0.5, 0.6) is 11.5 Å². The molecule has 0 radical (unpaired) electrons. The number of allylic oxidation sites excluding steroid dienone is 1. The summed E-state index contributed by atoms with van der Waals surface area (Å²) in [6, 6.07) is 15.4. The molecule has 0 saturated carbocycles. The molecule has 0 aliphatic carbocycles. The average molecular weight is 449 g/mol. The van der Waals surface area contributed by atoms with Crippen LogP contribution in [0.25, 0.3) is 6.08 Å². The fraction of sp³-hybridized carbons (Fsp3) is 0.130. The van der Waals surface area contributed by atoms with Crippen LogP contribution in [0.1, 0.15) is 27.0 Å². The summed E-state index contributed by atoms with van der Waals surface area (Å²) in [7, 11) is 0. The van der Waals surface area contributed by atoms with Gasteiger partial charge in [0.15, 0.2) is 5.76 Å². The Hall–Kier alpha value is -2.96. The Labute approximate surface area is 176 Å². The summed E-state index contributed by atoms with van der Waals surface area (Å²) in [5.41, 5.74) is 3.51. The molecule has 0 bridgehead atoms. The summed E-state index contributed by atoms with van der Waals surface area (Å²) in [5, 5.41) is 0. The lowest BCUT2D eigenvalue weighted by Crippen LogP contribution is -2.31. The van der Waals surface area contributed by atoms with Crippen molar-refractivity contribution in [3.05, 3.63) is 93.4 Å². The maximum absolute atomic E-state index is 12.9. The van der Waals surface area contributed by atoms with Crippen LogP contribution >= 0.6 is 15.9 Å². The number of carbonyl (C=O) groups excluding carboxylic acids is 1. The topological polar surface area (TPSA) is 51.7 Å². The molecule has 0 spiro atoms. The highest BCUT2D eigenvalue weighted by Gasteiger charge is 2.33. The van der Waals surface area contributed by atoms with Crippen LogP contribution in [0, 0.1) is 0 Å². The van der Waals surface area contributed by atoms with Crippen molar-refractivity contribution in [2.45, 2.75) is 13.1 Å². The average Bonchev–Trinajstić information content (AvgIpc) is 3.06. The molecule has 2 aromatic carbocycles. The molecule has 0 amide bonds. The van der Waals surface area contributed by atoms with E-state index >= 15 is 0 Å². The second kappa shape index (κ2) is 7.46. The number of hydrogen-bond acceptors (Lipinski definition) is 5. The summed E-state index contributed by atoms with van der Waals surface area (Å²) in [6.07, 6.45) is 5.39. The van der Waals surface area contributed by atoms with Crippen molar-refractivity contribution in [2.24, 2.45) is 0 Å². The van der Waals surface area contributed by atoms with Gasteiger partial charge in [-0.25, -0.2) is 0 Å². The van der Waals surface area contributed by atoms with Gasteiger partial charge in [-0.05, 0) is 47.5 Å². The first-order chi connectivity index (χ1) is 14.2. The molecular formula is C23H17BrN2O3. The van der Waals surface area contributed by atoms with Crippen LogP contribution in [0.4, 0.5) is 0 Å². The Morgan fingerprint density at radius 2 is 2.00 bits per heavy atom. The zero-order valence-corrected chi connectivity index (χ0v) is 17.1. The Morgan fingerprint density at radius 1 is 1.14 bits per heavy atom. The molecular weight excluding hydrogens is 432 g/mol. The van der Waals surface area contributed by atoms with Gasteiger partial charge in [-0.15, -0.1) is 0 Å². The fourth-order valence-electron chi connectivity index (χ4n) is 3.57. The molecule has 5 rings (SSSR count). The van der Waals surface area contributed by atoms with E-state index in [4.69, 9.17) is 9.47 Å². The number of pyridine rings is 1. The van der Waals surface area contributed by atoms with E-state index < -0.39 is 0 Å². The van der Waals surface area contributed by atoms with Gasteiger partial charge in [0, 0.05) is 30.0 Å². The van der Waals surface area contributed by atoms with Crippen LogP contribution in [-0.2, 0) is 13.1 Å². The maximum atomic E-state index is 12.9. The largest absolute Gasteiger partial charge is 0.478 e. The molecule has 29 heavy (non-hydrogen) atoms. The molecule has 2 aliphatic heterocycles. The number of nitrogens with zero attached hydrogens (tertiary/aromatic N) is 2. The number of aromatic nitrogens is 1. The van der Waals surface area contributed by atoms with Crippen molar-refractivity contribution in [2.75, 3.05) is 6.73 Å². The van der Waals surface area contributed by atoms with Gasteiger partial charge in [-0.2, -0.15) is 0 Å². The number of rotatable bonds is 3. The molecule has 0 fully saturated rings. The van der Waals surface area contributed by atoms with E-state index in [9.17, 15) is 4.79 Å². The predicted molar refractivity (Wildman–Crippen MR) is 112 cm³/mol. The van der Waals surface area contributed by atoms with Crippen molar-refractivity contribution in [3.63, 3.8) is 0 Å². The fourth-order valence-corrected chi connectivity index (χ4v) is 3.83. The van der Waals surface area contributed by atoms with Gasteiger partial charge in [-0.3, -0.25) is 14.7 Å². The minimum Gasteiger partial charge on any atom is -0.478 e. The molecule has 0 saturated heterocycles. The third-order valence-corrected chi connectivity index (χ3v) is 5.51. The van der Waals surface area contributed by atoms with E-state index in [1.54, 1.807) is 18.3 Å². The van der Waals surface area contributed by atoms with E-state index in [2.05, 4.69) is 25.8 Å². The van der Waals surface area contributed by atoms with Crippen molar-refractivity contribution in [1.29, 1.82) is 0 Å². The van der Waals surface area contributed by atoms with Crippen LogP contribution in [0.3, 0.4) is 0 Å². The van der Waals surface area contributed by atoms with Crippen LogP contribution < -0.4 is 9.47 Å². The van der Waals surface area contributed by atoms with Crippen molar-refractivity contribution in [3.8, 4) is 11.5 Å². The molecule has 0 unspecified atom stereocenters. The van der Waals surface area contributed by atoms with Crippen LogP contribution in [-0.4, -0.2) is 22.4 Å². The SMILES string of the molecule is O=C1/C(=C/c2ccc(Br)cc2)Oc2c1ccc1c2CN(Cc2cccnc2)CO1. The Bertz CT molecular complexity index is 1110. The molecule has 2 aliphatic rings. The Morgan fingerprint density at radius 3 is 2.79 bits per heavy atom. The monoisotopic (exact) mass is 448 g/mol. The summed E-state index contributed by atoms with van der Waals surface area (Å²) in [6.45, 7) is 1.84. The number of ketones is 1. The quantitative estimate of drug-likeness (QED) is 0.538. The smallest absolute Gasteiger partial charge is 0.231 e. The number of fused-ring (bicyclic) bond motifs is 3. The van der Waals surface area contributed by atoms with Gasteiger partial charge in [-0.1, -0.05) is 34.1 Å². The van der Waals surface area contributed by atoms with Gasteiger partial charge in [0.1, 0.15) is 18.2 Å². The summed E-state index contributed by atoms with van der Waals surface area (Å²) in [4.78, 5) is 19.2. The molecule has 1 aromatic heterocycles. The van der Waals surface area contributed by atoms with Gasteiger partial charge in [0.05, 0.1) is 11.1 Å². The van der Waals surface area contributed by atoms with Gasteiger partial charge in [0.25, 0.3) is 0 Å². The lowest BCUT2D eigenvalue weighted by molar-refractivity contribution is 0.0872. The number of benzene rings is 2. The Kier molecular flexibility index (Phi) is 4.66. The zero-order valence-electron chi connectivity index (χ0n) is 15.5. The summed E-state index contributed by atoms with van der Waals surface area (Å²) < 4.78 is 12.9. The van der Waals surface area contributed by atoms with E-state index in [1.807, 2.05) is 48.7 Å². The normalized spacial score (nSPS) is 16.9. The third-order valence-electron chi connectivity index (χ3n) is 4.98. The number of Topliss-reactive ketones (excluding diaryl/α,β-unsaturated/α-hetero) is 1. The lowest BCUT2D eigenvalue weighted by atomic mass is 10.0. The number of halogens is 1. The molecule has 144 valence electrons. The lowest BCUT2D eigenvalue weighted by Gasteiger charge is -2.29. The summed E-state index contributed by atoms with van der Waals surface area (Å²) >= 11 is 3.42. The minimum atomic E-state index is -0.102. The highest BCUT2D eigenvalue weighted by atomic mass is 79.9. The summed E-state index contributed by atoms with van der Waals surface area (Å²) in [5.74, 6) is 1.60. The molecule has 3 heterocycles. The number of hydrogen-bond donors (Lipinski definition) is 0. The first-order valence-electron chi connectivity index (χ1n) is 9.27. The second-order valence-corrected chi connectivity index (χ2v) is 7.95. The van der Waals surface area contributed by atoms with Crippen LogP contribution in [0.2, 0.25) is 0 Å². The Balaban J connectivity index is 1.43. The van der Waals surface area contributed by atoms with Gasteiger partial charge >= 0.3 is 0 Å². The highest BCUT2D eigenvalue weighted by Crippen LogP contribution is 2.42. The zero-order chi connectivity index (χ0) is 19.8. The molecule has 0 atom stereocenters. The van der Waals surface area contributed by atoms with E-state index in [-0.39, 0.29) is 5.78 Å². The number of carbonyl (C=O) groups is 1. The highest BCUT2D eigenvalue weighted by molar-refractivity contribution is 9.10. The molecule has 5 nitrogen and oxygen atoms in total.